The summed E-state index contributed by atoms with van der Waals surface area (Å²) in [7, 11) is 3.60. The molecule has 174 valence electrons. The second-order valence-corrected chi connectivity index (χ2v) is 5.30. The van der Waals surface area contributed by atoms with Crippen LogP contribution in [-0.4, -0.2) is 66.9 Å². The van der Waals surface area contributed by atoms with E-state index in [1.165, 1.54) is 14.2 Å². The lowest BCUT2D eigenvalue weighted by molar-refractivity contribution is 0.0108. The Kier molecular flexibility index (Phi) is 10.3. The van der Waals surface area contributed by atoms with E-state index >= 15 is 0 Å². The van der Waals surface area contributed by atoms with E-state index in [1.54, 1.807) is 0 Å². The highest BCUT2D eigenvalue weighted by Gasteiger charge is 2.17. The molecule has 1 aromatic heterocycles. The molecular weight excluding hydrogens is 428 g/mol. The summed E-state index contributed by atoms with van der Waals surface area (Å²) >= 11 is 0. The predicted octanol–water partition coefficient (Wildman–Crippen LogP) is -2.94. The van der Waals surface area contributed by atoms with Gasteiger partial charge in [0.05, 0.1) is 7.11 Å². The molecule has 0 aliphatic carbocycles. The molecule has 31 heavy (non-hydrogen) atoms. The summed E-state index contributed by atoms with van der Waals surface area (Å²) in [6.07, 6.45) is -3.00. The molecule has 0 radical (unpaired) electrons. The number of rotatable bonds is 10. The fourth-order valence-corrected chi connectivity index (χ4v) is 1.92. The predicted molar refractivity (Wildman–Crippen MR) is 97.7 cm³/mol. The van der Waals surface area contributed by atoms with E-state index in [0.29, 0.717) is 13.7 Å². The molecule has 0 atom stereocenters. The number of nitrogens with zero attached hydrogens (tertiary/aromatic N) is 3. The Morgan fingerprint density at radius 3 is 1.26 bits per heavy atom. The molecule has 0 fully saturated rings. The zero-order chi connectivity index (χ0) is 23.4. The third kappa shape index (κ3) is 7.48. The first-order chi connectivity index (χ1) is 14.8. The molecule has 0 saturated heterocycles. The number of nitrogens with one attached hydrogen (secondary N) is 3. The molecule has 17 heteroatoms. The fraction of sp³-hybridized carbons (Fsp3) is 0.571. The second kappa shape index (κ2) is 12.6. The standard InChI is InChI=1S/C14H22N6O11/c1-27-7-30-10(22)16-5-19-12(24)18(4-15-9(21)29-3)13(25)20(14(19)26)6-17-11(23)31-8-28-2/h4-8H2,1-3H3,(H,15,21)(H,16,22)(H,17,23). The van der Waals surface area contributed by atoms with E-state index in [9.17, 15) is 28.8 Å². The summed E-state index contributed by atoms with van der Waals surface area (Å²) in [5.74, 6) is 0. The van der Waals surface area contributed by atoms with Crippen LogP contribution in [0.2, 0.25) is 0 Å². The minimum absolute atomic E-state index is 0.388. The van der Waals surface area contributed by atoms with Gasteiger partial charge in [-0.1, -0.05) is 0 Å². The first-order valence-electron chi connectivity index (χ1n) is 8.32. The number of hydrogen-bond acceptors (Lipinski definition) is 11. The van der Waals surface area contributed by atoms with E-state index in [4.69, 9.17) is 0 Å². The Balaban J connectivity index is 3.24. The van der Waals surface area contributed by atoms with E-state index in [2.05, 4.69) is 39.6 Å². The lowest BCUT2D eigenvalue weighted by Crippen LogP contribution is -2.58. The van der Waals surface area contributed by atoms with Gasteiger partial charge in [-0.25, -0.2) is 42.5 Å². The molecule has 0 unspecified atom stereocenters. The van der Waals surface area contributed by atoms with Crippen LogP contribution in [0.5, 0.6) is 0 Å². The maximum absolute atomic E-state index is 12.6. The lowest BCUT2D eigenvalue weighted by atomic mass is 10.7. The summed E-state index contributed by atoms with van der Waals surface area (Å²) in [5.41, 5.74) is -3.52. The van der Waals surface area contributed by atoms with Crippen LogP contribution in [0.15, 0.2) is 14.4 Å². The minimum Gasteiger partial charge on any atom is -0.453 e. The Hall–Kier alpha value is -3.86. The molecule has 0 aromatic carbocycles. The van der Waals surface area contributed by atoms with E-state index < -0.39 is 55.4 Å². The van der Waals surface area contributed by atoms with Crippen molar-refractivity contribution in [2.24, 2.45) is 0 Å². The van der Waals surface area contributed by atoms with Crippen LogP contribution in [0.4, 0.5) is 14.4 Å². The van der Waals surface area contributed by atoms with E-state index in [-0.39, 0.29) is 13.6 Å². The Labute approximate surface area is 173 Å². The van der Waals surface area contributed by atoms with Crippen LogP contribution in [0, 0.1) is 0 Å². The number of aromatic nitrogens is 3. The van der Waals surface area contributed by atoms with Gasteiger partial charge in [0.1, 0.15) is 20.0 Å². The van der Waals surface area contributed by atoms with Crippen LogP contribution in [0.1, 0.15) is 0 Å². The number of alkyl carbamates (subject to hydrolysis) is 3. The molecular formula is C14H22N6O11. The van der Waals surface area contributed by atoms with Gasteiger partial charge in [0.25, 0.3) is 0 Å². The van der Waals surface area contributed by atoms with Crippen LogP contribution in [0.25, 0.3) is 0 Å². The third-order valence-electron chi connectivity index (χ3n) is 3.33. The largest absolute Gasteiger partial charge is 0.453 e. The maximum Gasteiger partial charge on any atom is 0.410 e. The van der Waals surface area contributed by atoms with Crippen molar-refractivity contribution in [3.63, 3.8) is 0 Å². The van der Waals surface area contributed by atoms with E-state index in [0.717, 1.165) is 7.11 Å². The summed E-state index contributed by atoms with van der Waals surface area (Å²) in [5, 5.41) is 6.33. The Morgan fingerprint density at radius 2 is 0.968 bits per heavy atom. The summed E-state index contributed by atoms with van der Waals surface area (Å²) < 4.78 is 23.9. The van der Waals surface area contributed by atoms with Gasteiger partial charge < -0.3 is 39.6 Å². The zero-order valence-corrected chi connectivity index (χ0v) is 16.9. The molecule has 3 amide bonds. The highest BCUT2D eigenvalue weighted by molar-refractivity contribution is 5.67. The number of methoxy groups -OCH3 is 3. The second-order valence-electron chi connectivity index (χ2n) is 5.30. The number of carbonyl (C=O) groups is 3. The van der Waals surface area contributed by atoms with Gasteiger partial charge in [-0.2, -0.15) is 0 Å². The molecule has 17 nitrogen and oxygen atoms in total. The van der Waals surface area contributed by atoms with Gasteiger partial charge >= 0.3 is 35.3 Å². The molecule has 0 spiro atoms. The Morgan fingerprint density at radius 1 is 0.645 bits per heavy atom. The van der Waals surface area contributed by atoms with E-state index in [1.807, 2.05) is 0 Å². The van der Waals surface area contributed by atoms with Crippen molar-refractivity contribution >= 4 is 18.3 Å². The molecule has 0 aliphatic heterocycles. The number of hydrogen-bond donors (Lipinski definition) is 3. The van der Waals surface area contributed by atoms with Crippen molar-refractivity contribution in [1.29, 1.82) is 0 Å². The first kappa shape index (κ1) is 25.2. The van der Waals surface area contributed by atoms with Crippen molar-refractivity contribution in [3.05, 3.63) is 31.5 Å². The maximum atomic E-state index is 12.6. The highest BCUT2D eigenvalue weighted by Crippen LogP contribution is 1.82. The van der Waals surface area contributed by atoms with Crippen molar-refractivity contribution in [2.45, 2.75) is 20.0 Å². The molecule has 0 saturated carbocycles. The van der Waals surface area contributed by atoms with Crippen LogP contribution >= 0.6 is 0 Å². The number of carbonyl (C=O) groups excluding carboxylic acids is 3. The SMILES string of the molecule is COCOC(=O)NCn1c(=O)n(CNC(=O)OC)c(=O)n(CNC(=O)OCOC)c1=O. The van der Waals surface area contributed by atoms with Gasteiger partial charge in [0.2, 0.25) is 0 Å². The fourth-order valence-electron chi connectivity index (χ4n) is 1.92. The minimum atomic E-state index is -1.18. The van der Waals surface area contributed by atoms with Crippen molar-refractivity contribution in [1.82, 2.24) is 29.7 Å². The first-order valence-corrected chi connectivity index (χ1v) is 8.32. The molecule has 1 rings (SSSR count). The number of ether oxygens (including phenoxy) is 5. The topological polar surface area (TPSA) is 199 Å². The molecule has 1 aromatic rings. The summed E-state index contributed by atoms with van der Waals surface area (Å²) in [6.45, 7) is -2.85. The van der Waals surface area contributed by atoms with Gasteiger partial charge in [0.15, 0.2) is 13.6 Å². The van der Waals surface area contributed by atoms with Crippen LogP contribution < -0.4 is 33.0 Å². The van der Waals surface area contributed by atoms with Gasteiger partial charge in [-0.15, -0.1) is 0 Å². The van der Waals surface area contributed by atoms with Gasteiger partial charge in [0, 0.05) is 14.2 Å². The van der Waals surface area contributed by atoms with Gasteiger partial charge in [-0.05, 0) is 0 Å². The lowest BCUT2D eigenvalue weighted by Gasteiger charge is -2.15. The molecule has 0 bridgehead atoms. The van der Waals surface area contributed by atoms with Crippen molar-refractivity contribution in [3.8, 4) is 0 Å². The molecule has 1 heterocycles. The molecule has 0 aliphatic rings. The highest BCUT2D eigenvalue weighted by atomic mass is 16.7. The zero-order valence-electron chi connectivity index (χ0n) is 16.9. The monoisotopic (exact) mass is 450 g/mol. The Bertz CT molecular complexity index is 887. The summed E-state index contributed by atoms with van der Waals surface area (Å²) in [6, 6.07) is 0. The average Bonchev–Trinajstić information content (AvgIpc) is 2.75. The van der Waals surface area contributed by atoms with Crippen LogP contribution in [0.3, 0.4) is 0 Å². The summed E-state index contributed by atoms with van der Waals surface area (Å²) in [4.78, 5) is 72.0. The average molecular weight is 450 g/mol. The van der Waals surface area contributed by atoms with Gasteiger partial charge in [-0.3, -0.25) is 0 Å². The quantitative estimate of drug-likeness (QED) is 0.243. The normalized spacial score (nSPS) is 10.2. The van der Waals surface area contributed by atoms with Crippen LogP contribution in [-0.2, 0) is 43.7 Å². The number of amides is 3. The van der Waals surface area contributed by atoms with Crippen molar-refractivity contribution in [2.75, 3.05) is 34.9 Å². The smallest absolute Gasteiger partial charge is 0.410 e. The molecule has 3 N–H and O–H groups in total. The van der Waals surface area contributed by atoms with Crippen molar-refractivity contribution < 1.29 is 38.1 Å². The third-order valence-corrected chi connectivity index (χ3v) is 3.33.